The third kappa shape index (κ3) is 5.09. The lowest BCUT2D eigenvalue weighted by atomic mass is 10.2. The molecule has 0 saturated heterocycles. The van der Waals surface area contributed by atoms with Gasteiger partial charge in [-0.25, -0.2) is 4.79 Å². The van der Waals surface area contributed by atoms with Crippen molar-refractivity contribution < 1.29 is 14.7 Å². The number of thioether (sulfide) groups is 1. The number of hydrogen-bond donors (Lipinski definition) is 2. The Labute approximate surface area is 137 Å². The van der Waals surface area contributed by atoms with Crippen LogP contribution in [-0.4, -0.2) is 22.7 Å². The molecule has 0 aliphatic carbocycles. The Hall–Kier alpha value is -1.98. The maximum atomic E-state index is 11.8. The van der Waals surface area contributed by atoms with E-state index in [1.54, 1.807) is 12.1 Å². The van der Waals surface area contributed by atoms with Gasteiger partial charge in [-0.3, -0.25) is 4.79 Å². The Kier molecular flexibility index (Phi) is 5.86. The Morgan fingerprint density at radius 3 is 2.27 bits per heavy atom. The first-order valence-electron chi connectivity index (χ1n) is 6.50. The zero-order valence-corrected chi connectivity index (χ0v) is 13.2. The van der Waals surface area contributed by atoms with Gasteiger partial charge in [0.2, 0.25) is 5.91 Å². The largest absolute Gasteiger partial charge is 0.478 e. The monoisotopic (exact) mass is 335 g/mol. The van der Waals surface area contributed by atoms with E-state index in [-0.39, 0.29) is 11.5 Å². The second kappa shape index (κ2) is 7.87. The predicted molar refractivity (Wildman–Crippen MR) is 89.6 cm³/mol. The number of rotatable bonds is 6. The van der Waals surface area contributed by atoms with Crippen LogP contribution < -0.4 is 5.32 Å². The Morgan fingerprint density at radius 1 is 1.05 bits per heavy atom. The van der Waals surface area contributed by atoms with E-state index >= 15 is 0 Å². The lowest BCUT2D eigenvalue weighted by Gasteiger charge is -2.06. The van der Waals surface area contributed by atoms with Crippen molar-refractivity contribution in [3.8, 4) is 0 Å². The molecule has 0 bridgehead atoms. The molecule has 0 aliphatic rings. The standard InChI is InChI=1S/C16H14ClNO3S/c17-13-5-1-11(2-6-13)9-22-10-15(19)18-14-7-3-12(4-8-14)16(20)21/h1-8H,9-10H2,(H,18,19)(H,20,21). The smallest absolute Gasteiger partial charge is 0.335 e. The highest BCUT2D eigenvalue weighted by Gasteiger charge is 2.05. The Balaban J connectivity index is 1.77. The molecule has 0 atom stereocenters. The van der Waals surface area contributed by atoms with Gasteiger partial charge in [-0.15, -0.1) is 11.8 Å². The summed E-state index contributed by atoms with van der Waals surface area (Å²) in [6.07, 6.45) is 0. The van der Waals surface area contributed by atoms with E-state index in [2.05, 4.69) is 5.32 Å². The van der Waals surface area contributed by atoms with E-state index in [4.69, 9.17) is 16.7 Å². The van der Waals surface area contributed by atoms with Gasteiger partial charge in [0, 0.05) is 16.5 Å². The number of carbonyl (C=O) groups excluding carboxylic acids is 1. The van der Waals surface area contributed by atoms with E-state index in [9.17, 15) is 9.59 Å². The van der Waals surface area contributed by atoms with Crippen molar-refractivity contribution in [2.24, 2.45) is 0 Å². The summed E-state index contributed by atoms with van der Waals surface area (Å²) >= 11 is 7.31. The quantitative estimate of drug-likeness (QED) is 0.840. The van der Waals surface area contributed by atoms with Crippen LogP contribution in [0.1, 0.15) is 15.9 Å². The van der Waals surface area contributed by atoms with Gasteiger partial charge in [-0.05, 0) is 42.0 Å². The number of amides is 1. The van der Waals surface area contributed by atoms with Gasteiger partial charge in [0.15, 0.2) is 0 Å². The summed E-state index contributed by atoms with van der Waals surface area (Å²) in [5.74, 6) is -0.0651. The van der Waals surface area contributed by atoms with E-state index in [0.717, 1.165) is 11.3 Å². The summed E-state index contributed by atoms with van der Waals surface area (Å²) in [6.45, 7) is 0. The third-order valence-electron chi connectivity index (χ3n) is 2.83. The van der Waals surface area contributed by atoms with Crippen molar-refractivity contribution in [3.05, 3.63) is 64.7 Å². The van der Waals surface area contributed by atoms with Crippen LogP contribution in [0.15, 0.2) is 48.5 Å². The Morgan fingerprint density at radius 2 is 1.68 bits per heavy atom. The van der Waals surface area contributed by atoms with Gasteiger partial charge >= 0.3 is 5.97 Å². The molecule has 2 rings (SSSR count). The van der Waals surface area contributed by atoms with Gasteiger partial charge in [0.25, 0.3) is 0 Å². The highest BCUT2D eigenvalue weighted by molar-refractivity contribution is 7.99. The highest BCUT2D eigenvalue weighted by atomic mass is 35.5. The topological polar surface area (TPSA) is 66.4 Å². The molecule has 6 heteroatoms. The van der Waals surface area contributed by atoms with Crippen LogP contribution in [0.25, 0.3) is 0 Å². The molecule has 114 valence electrons. The minimum absolute atomic E-state index is 0.123. The molecule has 1 amide bonds. The van der Waals surface area contributed by atoms with Gasteiger partial charge < -0.3 is 10.4 Å². The number of nitrogens with one attached hydrogen (secondary N) is 1. The average molecular weight is 336 g/mol. The molecule has 0 spiro atoms. The fourth-order valence-electron chi connectivity index (χ4n) is 1.74. The van der Waals surface area contributed by atoms with Crippen molar-refractivity contribution in [1.82, 2.24) is 0 Å². The van der Waals surface area contributed by atoms with Crippen molar-refractivity contribution in [2.45, 2.75) is 5.75 Å². The molecular weight excluding hydrogens is 322 g/mol. The predicted octanol–water partition coefficient (Wildman–Crippen LogP) is 3.91. The molecule has 0 aromatic heterocycles. The second-order valence-electron chi connectivity index (χ2n) is 4.55. The van der Waals surface area contributed by atoms with Crippen LogP contribution in [0.5, 0.6) is 0 Å². The molecular formula is C16H14ClNO3S. The fraction of sp³-hybridized carbons (Fsp3) is 0.125. The molecule has 2 N–H and O–H groups in total. The fourth-order valence-corrected chi connectivity index (χ4v) is 2.65. The Bertz CT molecular complexity index is 656. The zero-order chi connectivity index (χ0) is 15.9. The molecule has 4 nitrogen and oxygen atoms in total. The number of carboxylic acids is 1. The number of aromatic carboxylic acids is 1. The maximum Gasteiger partial charge on any atom is 0.335 e. The van der Waals surface area contributed by atoms with Gasteiger partial charge in [-0.1, -0.05) is 23.7 Å². The lowest BCUT2D eigenvalue weighted by molar-refractivity contribution is -0.113. The molecule has 0 fully saturated rings. The number of benzene rings is 2. The lowest BCUT2D eigenvalue weighted by Crippen LogP contribution is -2.14. The van der Waals surface area contributed by atoms with Gasteiger partial charge in [0.1, 0.15) is 0 Å². The van der Waals surface area contributed by atoms with Crippen LogP contribution in [0.4, 0.5) is 5.69 Å². The van der Waals surface area contributed by atoms with E-state index in [0.29, 0.717) is 16.5 Å². The first kappa shape index (κ1) is 16.4. The summed E-state index contributed by atoms with van der Waals surface area (Å²) < 4.78 is 0. The van der Waals surface area contributed by atoms with Crippen LogP contribution in [-0.2, 0) is 10.5 Å². The molecule has 0 saturated carbocycles. The summed E-state index contributed by atoms with van der Waals surface area (Å²) in [6, 6.07) is 13.6. The number of carboxylic acid groups (broad SMARTS) is 1. The molecule has 22 heavy (non-hydrogen) atoms. The van der Waals surface area contributed by atoms with Gasteiger partial charge in [0.05, 0.1) is 11.3 Å². The average Bonchev–Trinajstić information content (AvgIpc) is 2.50. The molecule has 2 aromatic carbocycles. The third-order valence-corrected chi connectivity index (χ3v) is 4.09. The zero-order valence-electron chi connectivity index (χ0n) is 11.6. The second-order valence-corrected chi connectivity index (χ2v) is 5.97. The molecule has 2 aromatic rings. The summed E-state index contributed by atoms with van der Waals surface area (Å²) in [7, 11) is 0. The van der Waals surface area contributed by atoms with Crippen LogP contribution in [0.2, 0.25) is 5.02 Å². The minimum Gasteiger partial charge on any atom is -0.478 e. The van der Waals surface area contributed by atoms with Crippen molar-refractivity contribution in [2.75, 3.05) is 11.1 Å². The summed E-state index contributed by atoms with van der Waals surface area (Å²) in [5.41, 5.74) is 1.88. The van der Waals surface area contributed by atoms with Crippen molar-refractivity contribution in [3.63, 3.8) is 0 Å². The van der Waals surface area contributed by atoms with E-state index in [1.807, 2.05) is 24.3 Å². The molecule has 0 aliphatic heterocycles. The summed E-state index contributed by atoms with van der Waals surface area (Å²) in [5, 5.41) is 12.2. The van der Waals surface area contributed by atoms with Gasteiger partial charge in [-0.2, -0.15) is 0 Å². The SMILES string of the molecule is O=C(CSCc1ccc(Cl)cc1)Nc1ccc(C(=O)O)cc1. The maximum absolute atomic E-state index is 11.8. The van der Waals surface area contributed by atoms with Crippen molar-refractivity contribution in [1.29, 1.82) is 0 Å². The molecule has 0 heterocycles. The summed E-state index contributed by atoms with van der Waals surface area (Å²) in [4.78, 5) is 22.5. The van der Waals surface area contributed by atoms with E-state index in [1.165, 1.54) is 23.9 Å². The van der Waals surface area contributed by atoms with Crippen LogP contribution >= 0.6 is 23.4 Å². The number of halogens is 1. The van der Waals surface area contributed by atoms with Crippen LogP contribution in [0, 0.1) is 0 Å². The van der Waals surface area contributed by atoms with Crippen LogP contribution in [0.3, 0.4) is 0 Å². The highest BCUT2D eigenvalue weighted by Crippen LogP contribution is 2.16. The van der Waals surface area contributed by atoms with E-state index < -0.39 is 5.97 Å². The number of hydrogen-bond acceptors (Lipinski definition) is 3. The normalized spacial score (nSPS) is 10.2. The first-order valence-corrected chi connectivity index (χ1v) is 8.03. The number of carbonyl (C=O) groups is 2. The number of anilines is 1. The molecule has 0 unspecified atom stereocenters. The van der Waals surface area contributed by atoms with Crippen molar-refractivity contribution >= 4 is 40.9 Å². The molecule has 0 radical (unpaired) electrons. The minimum atomic E-state index is -0.989. The first-order chi connectivity index (χ1) is 10.5.